The number of nitrogens with one attached hydrogen (secondary N) is 1. The zero-order chi connectivity index (χ0) is 11.4. The quantitative estimate of drug-likeness (QED) is 0.743. The van der Waals surface area contributed by atoms with Crippen molar-refractivity contribution in [3.05, 3.63) is 29.3 Å². The third kappa shape index (κ3) is 3.53. The summed E-state index contributed by atoms with van der Waals surface area (Å²) < 4.78 is 5.68. The number of rotatable bonds is 6. The van der Waals surface area contributed by atoms with Crippen LogP contribution < -0.4 is 10.1 Å². The molecule has 0 amide bonds. The first kappa shape index (κ1) is 11.5. The Morgan fingerprint density at radius 2 is 2.06 bits per heavy atom. The molecule has 1 aliphatic carbocycles. The predicted molar refractivity (Wildman–Crippen MR) is 67.0 cm³/mol. The number of benzene rings is 1. The number of aryl methyl sites for hydroxylation is 2. The van der Waals surface area contributed by atoms with Gasteiger partial charge < -0.3 is 10.1 Å². The fourth-order valence-corrected chi connectivity index (χ4v) is 1.67. The fourth-order valence-electron chi connectivity index (χ4n) is 1.67. The van der Waals surface area contributed by atoms with Crippen molar-refractivity contribution in [3.8, 4) is 5.75 Å². The summed E-state index contributed by atoms with van der Waals surface area (Å²) in [6.45, 7) is 7.11. The second kappa shape index (κ2) is 5.35. The summed E-state index contributed by atoms with van der Waals surface area (Å²) in [5.74, 6) is 1.93. The smallest absolute Gasteiger partial charge is 0.119 e. The lowest BCUT2D eigenvalue weighted by molar-refractivity contribution is 0.313. The Labute approximate surface area is 98.0 Å². The van der Waals surface area contributed by atoms with Gasteiger partial charge in [-0.3, -0.25) is 0 Å². The largest absolute Gasteiger partial charge is 0.492 e. The molecule has 1 saturated carbocycles. The van der Waals surface area contributed by atoms with E-state index in [9.17, 15) is 0 Å². The van der Waals surface area contributed by atoms with E-state index >= 15 is 0 Å². The highest BCUT2D eigenvalue weighted by atomic mass is 16.5. The highest BCUT2D eigenvalue weighted by Gasteiger charge is 2.19. The first-order valence-electron chi connectivity index (χ1n) is 6.16. The summed E-state index contributed by atoms with van der Waals surface area (Å²) in [7, 11) is 0. The minimum Gasteiger partial charge on any atom is -0.492 e. The third-order valence-electron chi connectivity index (χ3n) is 3.16. The normalized spacial score (nSPS) is 15.1. The SMILES string of the molecule is Cc1ccc(OCCNCC2CC2)cc1C. The molecule has 1 N–H and O–H groups in total. The van der Waals surface area contributed by atoms with Crippen molar-refractivity contribution >= 4 is 0 Å². The molecule has 1 aliphatic rings. The van der Waals surface area contributed by atoms with Crippen LogP contribution in [0, 0.1) is 19.8 Å². The van der Waals surface area contributed by atoms with E-state index in [2.05, 4.69) is 31.3 Å². The van der Waals surface area contributed by atoms with Crippen LogP contribution >= 0.6 is 0 Å². The van der Waals surface area contributed by atoms with E-state index in [0.717, 1.165) is 31.4 Å². The second-order valence-electron chi connectivity index (χ2n) is 4.74. The van der Waals surface area contributed by atoms with E-state index in [1.807, 2.05) is 6.07 Å². The Hall–Kier alpha value is -1.02. The minimum atomic E-state index is 0.759. The standard InChI is InChI=1S/C14H21NO/c1-11-3-6-14(9-12(11)2)16-8-7-15-10-13-4-5-13/h3,6,9,13,15H,4-5,7-8,10H2,1-2H3. The molecule has 1 aromatic carbocycles. The highest BCUT2D eigenvalue weighted by molar-refractivity contribution is 5.33. The van der Waals surface area contributed by atoms with Gasteiger partial charge >= 0.3 is 0 Å². The lowest BCUT2D eigenvalue weighted by Crippen LogP contribution is -2.23. The monoisotopic (exact) mass is 219 g/mol. The van der Waals surface area contributed by atoms with Gasteiger partial charge in [0.05, 0.1) is 0 Å². The molecular formula is C14H21NO. The predicted octanol–water partition coefficient (Wildman–Crippen LogP) is 2.68. The van der Waals surface area contributed by atoms with Gasteiger partial charge in [-0.25, -0.2) is 0 Å². The molecule has 88 valence electrons. The van der Waals surface area contributed by atoms with E-state index in [0.29, 0.717) is 0 Å². The molecule has 2 rings (SSSR count). The Morgan fingerprint density at radius 3 is 2.75 bits per heavy atom. The maximum atomic E-state index is 5.68. The van der Waals surface area contributed by atoms with Crippen LogP contribution in [0.5, 0.6) is 5.75 Å². The van der Waals surface area contributed by atoms with Crippen LogP contribution in [0.1, 0.15) is 24.0 Å². The Morgan fingerprint density at radius 1 is 1.25 bits per heavy atom. The fraction of sp³-hybridized carbons (Fsp3) is 0.571. The van der Waals surface area contributed by atoms with Crippen LogP contribution in [0.2, 0.25) is 0 Å². The zero-order valence-electron chi connectivity index (χ0n) is 10.3. The van der Waals surface area contributed by atoms with E-state index in [1.54, 1.807) is 0 Å². The lowest BCUT2D eigenvalue weighted by atomic mass is 10.1. The van der Waals surface area contributed by atoms with Crippen LogP contribution in [0.4, 0.5) is 0 Å². The van der Waals surface area contributed by atoms with Gasteiger partial charge in [-0.2, -0.15) is 0 Å². The molecule has 2 heteroatoms. The van der Waals surface area contributed by atoms with Crippen molar-refractivity contribution in [2.24, 2.45) is 5.92 Å². The molecule has 0 bridgehead atoms. The van der Waals surface area contributed by atoms with Gasteiger partial charge in [-0.15, -0.1) is 0 Å². The van der Waals surface area contributed by atoms with Crippen molar-refractivity contribution in [1.82, 2.24) is 5.32 Å². The van der Waals surface area contributed by atoms with Gasteiger partial charge in [0.25, 0.3) is 0 Å². The van der Waals surface area contributed by atoms with Crippen molar-refractivity contribution in [1.29, 1.82) is 0 Å². The van der Waals surface area contributed by atoms with Gasteiger partial charge in [0.15, 0.2) is 0 Å². The van der Waals surface area contributed by atoms with Gasteiger partial charge in [-0.05, 0) is 62.4 Å². The van der Waals surface area contributed by atoms with Gasteiger partial charge in [-0.1, -0.05) is 6.07 Å². The van der Waals surface area contributed by atoms with Crippen LogP contribution in [-0.2, 0) is 0 Å². The second-order valence-corrected chi connectivity index (χ2v) is 4.74. The van der Waals surface area contributed by atoms with Gasteiger partial charge in [0.2, 0.25) is 0 Å². The van der Waals surface area contributed by atoms with Gasteiger partial charge in [0.1, 0.15) is 12.4 Å². The molecular weight excluding hydrogens is 198 g/mol. The molecule has 0 saturated heterocycles. The first-order valence-corrected chi connectivity index (χ1v) is 6.16. The highest BCUT2D eigenvalue weighted by Crippen LogP contribution is 2.27. The molecule has 1 fully saturated rings. The molecule has 0 aliphatic heterocycles. The molecule has 0 unspecified atom stereocenters. The molecule has 0 spiro atoms. The van der Waals surface area contributed by atoms with Crippen LogP contribution in [0.25, 0.3) is 0 Å². The average Bonchev–Trinajstić information content (AvgIpc) is 3.07. The maximum Gasteiger partial charge on any atom is 0.119 e. The topological polar surface area (TPSA) is 21.3 Å². The van der Waals surface area contributed by atoms with Gasteiger partial charge in [0, 0.05) is 6.54 Å². The Kier molecular flexibility index (Phi) is 3.83. The van der Waals surface area contributed by atoms with Crippen LogP contribution in [0.3, 0.4) is 0 Å². The van der Waals surface area contributed by atoms with E-state index in [1.165, 1.54) is 24.0 Å². The van der Waals surface area contributed by atoms with Crippen molar-refractivity contribution in [2.75, 3.05) is 19.7 Å². The molecule has 0 atom stereocenters. The average molecular weight is 219 g/mol. The molecule has 1 aromatic rings. The molecule has 16 heavy (non-hydrogen) atoms. The molecule has 0 aromatic heterocycles. The van der Waals surface area contributed by atoms with Crippen molar-refractivity contribution in [2.45, 2.75) is 26.7 Å². The Bertz CT molecular complexity index is 345. The first-order chi connectivity index (χ1) is 7.75. The van der Waals surface area contributed by atoms with E-state index in [4.69, 9.17) is 4.74 Å². The van der Waals surface area contributed by atoms with E-state index < -0.39 is 0 Å². The molecule has 0 radical (unpaired) electrons. The Balaban J connectivity index is 1.65. The molecule has 0 heterocycles. The van der Waals surface area contributed by atoms with Crippen molar-refractivity contribution < 1.29 is 4.74 Å². The number of hydrogen-bond acceptors (Lipinski definition) is 2. The lowest BCUT2D eigenvalue weighted by Gasteiger charge is -2.08. The van der Waals surface area contributed by atoms with Crippen LogP contribution in [0.15, 0.2) is 18.2 Å². The summed E-state index contributed by atoms with van der Waals surface area (Å²) >= 11 is 0. The summed E-state index contributed by atoms with van der Waals surface area (Å²) in [6, 6.07) is 6.27. The van der Waals surface area contributed by atoms with E-state index in [-0.39, 0.29) is 0 Å². The summed E-state index contributed by atoms with van der Waals surface area (Å²) in [5, 5.41) is 3.42. The van der Waals surface area contributed by atoms with Crippen LogP contribution in [-0.4, -0.2) is 19.7 Å². The summed E-state index contributed by atoms with van der Waals surface area (Å²) in [5.41, 5.74) is 2.61. The minimum absolute atomic E-state index is 0.759. The zero-order valence-corrected chi connectivity index (χ0v) is 10.3. The van der Waals surface area contributed by atoms with Crippen molar-refractivity contribution in [3.63, 3.8) is 0 Å². The third-order valence-corrected chi connectivity index (χ3v) is 3.16. The number of ether oxygens (including phenoxy) is 1. The molecule has 2 nitrogen and oxygen atoms in total. The maximum absolute atomic E-state index is 5.68. The number of hydrogen-bond donors (Lipinski definition) is 1. The summed E-state index contributed by atoms with van der Waals surface area (Å²) in [6.07, 6.45) is 2.82. The summed E-state index contributed by atoms with van der Waals surface area (Å²) in [4.78, 5) is 0.